The van der Waals surface area contributed by atoms with Crippen LogP contribution in [0, 0.1) is 6.92 Å². The van der Waals surface area contributed by atoms with Gasteiger partial charge in [-0.15, -0.1) is 12.4 Å². The molecule has 0 bridgehead atoms. The predicted octanol–water partition coefficient (Wildman–Crippen LogP) is 3.23. The lowest BCUT2D eigenvalue weighted by Crippen LogP contribution is -1.78. The molecule has 0 unspecified atom stereocenters. The third-order valence-electron chi connectivity index (χ3n) is 1.01. The van der Waals surface area contributed by atoms with E-state index in [-0.39, 0.29) is 12.4 Å². The molecule has 0 atom stereocenters. The van der Waals surface area contributed by atoms with Crippen LogP contribution in [0.2, 0.25) is 5.02 Å². The monoisotopic (exact) mass is 241 g/mol. The summed E-state index contributed by atoms with van der Waals surface area (Å²) in [7, 11) is 0. The van der Waals surface area contributed by atoms with E-state index in [9.17, 15) is 0 Å². The maximum absolute atomic E-state index is 5.79. The molecular weight excluding hydrogens is 237 g/mol. The number of hydrogen-bond acceptors (Lipinski definition) is 1. The molecule has 0 aliphatic heterocycles. The van der Waals surface area contributed by atoms with Crippen molar-refractivity contribution in [2.45, 2.75) is 6.92 Å². The summed E-state index contributed by atoms with van der Waals surface area (Å²) in [6, 6.07) is 0. The third-order valence-corrected chi connectivity index (χ3v) is 2.34. The highest BCUT2D eigenvalue weighted by molar-refractivity contribution is 9.10. The average Bonchev–Trinajstić information content (AvgIpc) is 1.83. The van der Waals surface area contributed by atoms with Gasteiger partial charge in [-0.2, -0.15) is 0 Å². The summed E-state index contributed by atoms with van der Waals surface area (Å²) >= 11 is 9.04. The lowest BCUT2D eigenvalue weighted by atomic mass is 10.3. The highest BCUT2D eigenvalue weighted by Gasteiger charge is 1.97. The molecule has 4 heteroatoms. The summed E-state index contributed by atoms with van der Waals surface area (Å²) < 4.78 is 0.851. The maximum Gasteiger partial charge on any atom is 0.0608 e. The fourth-order valence-corrected chi connectivity index (χ4v) is 1.04. The summed E-state index contributed by atoms with van der Waals surface area (Å²) in [6.07, 6.45) is 3.41. The van der Waals surface area contributed by atoms with Crippen LogP contribution in [0.25, 0.3) is 0 Å². The highest BCUT2D eigenvalue weighted by Crippen LogP contribution is 2.23. The molecular formula is C6H6BrCl2N. The van der Waals surface area contributed by atoms with Gasteiger partial charge in [0.05, 0.1) is 9.50 Å². The van der Waals surface area contributed by atoms with E-state index in [1.165, 1.54) is 0 Å². The lowest BCUT2D eigenvalue weighted by Gasteiger charge is -1.95. The number of nitrogens with zero attached hydrogens (tertiary/aromatic N) is 1. The van der Waals surface area contributed by atoms with Gasteiger partial charge in [-0.1, -0.05) is 11.6 Å². The van der Waals surface area contributed by atoms with E-state index in [4.69, 9.17) is 11.6 Å². The fraction of sp³-hybridized carbons (Fsp3) is 0.167. The van der Waals surface area contributed by atoms with Crippen molar-refractivity contribution in [1.29, 1.82) is 0 Å². The molecule has 10 heavy (non-hydrogen) atoms. The molecule has 0 radical (unpaired) electrons. The minimum absolute atomic E-state index is 0. The van der Waals surface area contributed by atoms with Gasteiger partial charge in [0.25, 0.3) is 0 Å². The van der Waals surface area contributed by atoms with E-state index in [1.54, 1.807) is 12.4 Å². The standard InChI is InChI=1S/C6H5BrClN.ClH/c1-4-2-9-3-5(7)6(4)8;/h2-3H,1H3;1H. The zero-order valence-electron chi connectivity index (χ0n) is 5.27. The minimum atomic E-state index is 0. The Labute approximate surface area is 79.3 Å². The van der Waals surface area contributed by atoms with E-state index in [0.717, 1.165) is 15.1 Å². The molecule has 0 aliphatic rings. The first-order valence-electron chi connectivity index (χ1n) is 2.47. The molecule has 56 valence electrons. The van der Waals surface area contributed by atoms with Crippen LogP contribution in [0.3, 0.4) is 0 Å². The van der Waals surface area contributed by atoms with E-state index in [1.807, 2.05) is 6.92 Å². The van der Waals surface area contributed by atoms with E-state index < -0.39 is 0 Å². The van der Waals surface area contributed by atoms with Gasteiger partial charge in [0.2, 0.25) is 0 Å². The lowest BCUT2D eigenvalue weighted by molar-refractivity contribution is 1.25. The Bertz CT molecular complexity index is 207. The highest BCUT2D eigenvalue weighted by atomic mass is 79.9. The Kier molecular flexibility index (Phi) is 4.25. The van der Waals surface area contributed by atoms with Gasteiger partial charge < -0.3 is 0 Å². The number of aryl methyl sites for hydroxylation is 1. The first kappa shape index (κ1) is 10.2. The summed E-state index contributed by atoms with van der Waals surface area (Å²) in [4.78, 5) is 3.91. The second-order valence-corrected chi connectivity index (χ2v) is 2.98. The van der Waals surface area contributed by atoms with Gasteiger partial charge in [0, 0.05) is 12.4 Å². The van der Waals surface area contributed by atoms with Crippen LogP contribution in [0.1, 0.15) is 5.56 Å². The maximum atomic E-state index is 5.79. The second kappa shape index (κ2) is 4.16. The fourth-order valence-electron chi connectivity index (χ4n) is 0.516. The van der Waals surface area contributed by atoms with Crippen LogP contribution in [-0.2, 0) is 0 Å². The van der Waals surface area contributed by atoms with E-state index in [0.29, 0.717) is 0 Å². The van der Waals surface area contributed by atoms with Crippen LogP contribution in [-0.4, -0.2) is 4.98 Å². The molecule has 1 aromatic rings. The first-order chi connectivity index (χ1) is 4.22. The van der Waals surface area contributed by atoms with Gasteiger partial charge in [0.1, 0.15) is 0 Å². The van der Waals surface area contributed by atoms with Crippen molar-refractivity contribution in [2.75, 3.05) is 0 Å². The molecule has 1 aromatic heterocycles. The molecule has 0 N–H and O–H groups in total. The Morgan fingerprint density at radius 2 is 2.10 bits per heavy atom. The van der Waals surface area contributed by atoms with Crippen LogP contribution in [0.4, 0.5) is 0 Å². The van der Waals surface area contributed by atoms with Crippen LogP contribution in [0.15, 0.2) is 16.9 Å². The minimum Gasteiger partial charge on any atom is -0.263 e. The van der Waals surface area contributed by atoms with Gasteiger partial charge in [-0.05, 0) is 28.4 Å². The third kappa shape index (κ3) is 2.11. The normalized spacial score (nSPS) is 8.70. The molecule has 0 aromatic carbocycles. The SMILES string of the molecule is Cc1cncc(Br)c1Cl.Cl. The van der Waals surface area contributed by atoms with Crippen LogP contribution in [0.5, 0.6) is 0 Å². The van der Waals surface area contributed by atoms with E-state index >= 15 is 0 Å². The number of pyridine rings is 1. The average molecular weight is 243 g/mol. The molecule has 1 rings (SSSR count). The topological polar surface area (TPSA) is 12.9 Å². The van der Waals surface area contributed by atoms with Crippen LogP contribution >= 0.6 is 39.9 Å². The van der Waals surface area contributed by atoms with Crippen molar-refractivity contribution in [3.63, 3.8) is 0 Å². The van der Waals surface area contributed by atoms with E-state index in [2.05, 4.69) is 20.9 Å². The molecule has 0 amide bonds. The smallest absolute Gasteiger partial charge is 0.0608 e. The van der Waals surface area contributed by atoms with Gasteiger partial charge in [0.15, 0.2) is 0 Å². The zero-order chi connectivity index (χ0) is 6.85. The van der Waals surface area contributed by atoms with Gasteiger partial charge >= 0.3 is 0 Å². The number of hydrogen-bond donors (Lipinski definition) is 0. The first-order valence-corrected chi connectivity index (χ1v) is 3.64. The molecule has 0 aliphatic carbocycles. The zero-order valence-corrected chi connectivity index (χ0v) is 8.42. The summed E-state index contributed by atoms with van der Waals surface area (Å²) in [5.41, 5.74) is 0.992. The van der Waals surface area contributed by atoms with Crippen molar-refractivity contribution in [1.82, 2.24) is 4.98 Å². The van der Waals surface area contributed by atoms with Gasteiger partial charge in [-0.25, -0.2) is 0 Å². The number of rotatable bonds is 0. The Balaban J connectivity index is 0.000000810. The van der Waals surface area contributed by atoms with Crippen molar-refractivity contribution in [2.24, 2.45) is 0 Å². The van der Waals surface area contributed by atoms with Crippen molar-refractivity contribution in [3.8, 4) is 0 Å². The summed E-state index contributed by atoms with van der Waals surface area (Å²) in [5.74, 6) is 0. The molecule has 0 saturated heterocycles. The quantitative estimate of drug-likeness (QED) is 0.681. The molecule has 1 nitrogen and oxygen atoms in total. The van der Waals surface area contributed by atoms with Crippen LogP contribution < -0.4 is 0 Å². The Hall–Kier alpha value is 0.210. The molecule has 0 fully saturated rings. The van der Waals surface area contributed by atoms with Crippen molar-refractivity contribution >= 4 is 39.9 Å². The van der Waals surface area contributed by atoms with Crippen molar-refractivity contribution in [3.05, 3.63) is 27.5 Å². The molecule has 1 heterocycles. The van der Waals surface area contributed by atoms with Crippen molar-refractivity contribution < 1.29 is 0 Å². The largest absolute Gasteiger partial charge is 0.263 e. The van der Waals surface area contributed by atoms with Gasteiger partial charge in [-0.3, -0.25) is 4.98 Å². The second-order valence-electron chi connectivity index (χ2n) is 1.75. The summed E-state index contributed by atoms with van der Waals surface area (Å²) in [5, 5.41) is 0.741. The molecule has 0 spiro atoms. The Morgan fingerprint density at radius 1 is 1.50 bits per heavy atom. The predicted molar refractivity (Wildman–Crippen MR) is 48.9 cm³/mol. The number of aromatic nitrogens is 1. The Morgan fingerprint density at radius 3 is 2.50 bits per heavy atom. The molecule has 0 saturated carbocycles. The number of halogens is 3. The summed E-state index contributed by atoms with van der Waals surface area (Å²) in [6.45, 7) is 1.92.